The van der Waals surface area contributed by atoms with Crippen LogP contribution in [0.25, 0.3) is 0 Å². The molecule has 1 aliphatic heterocycles. The average Bonchev–Trinajstić information content (AvgIpc) is 2.76. The molecule has 1 aromatic carbocycles. The van der Waals surface area contributed by atoms with Crippen molar-refractivity contribution in [2.75, 3.05) is 40.0 Å². The molecular weight excluding hydrogens is 356 g/mol. The predicted octanol–water partition coefficient (Wildman–Crippen LogP) is 3.77. The number of amides is 1. The number of ether oxygens (including phenoxy) is 2. The average molecular weight is 392 g/mol. The number of carbonyl (C=O) groups excluding carboxylic acids is 2. The number of nitrogens with zero attached hydrogens (tertiary/aromatic N) is 2. The maximum atomic E-state index is 13.0. The largest absolute Gasteiger partial charge is 0.468 e. The summed E-state index contributed by atoms with van der Waals surface area (Å²) in [5.41, 5.74) is 0.875. The van der Waals surface area contributed by atoms with Crippen LogP contribution in [0.2, 0.25) is 0 Å². The van der Waals surface area contributed by atoms with E-state index < -0.39 is 5.92 Å². The number of benzene rings is 1. The molecule has 0 aromatic heterocycles. The Labute approximate surface area is 169 Å². The first-order valence-electron chi connectivity index (χ1n) is 10.4. The smallest absolute Gasteiger partial charge is 0.414 e. The van der Waals surface area contributed by atoms with E-state index in [1.54, 1.807) is 4.90 Å². The highest BCUT2D eigenvalue weighted by molar-refractivity contribution is 5.80. The van der Waals surface area contributed by atoms with Gasteiger partial charge in [0.15, 0.2) is 0 Å². The standard InChI is InChI=1S/C22H35N2O4/c1-5-24(6-2,7-3)17-28-22(26)23-16-12-11-15-19(23)20(21(25)27-4)18-13-9-8-10-14-18/h8-10,13-14,19-20H,5-7,11-12,15-17H2,1-4H3/q+1/t19-,20?/m1/s1. The van der Waals surface area contributed by atoms with Gasteiger partial charge >= 0.3 is 12.1 Å². The molecule has 0 aliphatic carbocycles. The zero-order valence-electron chi connectivity index (χ0n) is 17.7. The first kappa shape index (κ1) is 22.2. The van der Waals surface area contributed by atoms with E-state index in [4.69, 9.17) is 9.47 Å². The summed E-state index contributed by atoms with van der Waals surface area (Å²) in [6.07, 6.45) is 2.34. The van der Waals surface area contributed by atoms with Gasteiger partial charge in [0.2, 0.25) is 6.73 Å². The lowest BCUT2D eigenvalue weighted by Gasteiger charge is -2.40. The summed E-state index contributed by atoms with van der Waals surface area (Å²) >= 11 is 0. The van der Waals surface area contributed by atoms with Crippen molar-refractivity contribution in [2.24, 2.45) is 0 Å². The van der Waals surface area contributed by atoms with Crippen LogP contribution in [0.5, 0.6) is 0 Å². The van der Waals surface area contributed by atoms with E-state index in [-0.39, 0.29) is 18.1 Å². The molecule has 28 heavy (non-hydrogen) atoms. The van der Waals surface area contributed by atoms with Gasteiger partial charge in [-0.05, 0) is 45.6 Å². The summed E-state index contributed by atoms with van der Waals surface area (Å²) in [7, 11) is 1.40. The van der Waals surface area contributed by atoms with Crippen LogP contribution in [0, 0.1) is 0 Å². The number of hydrogen-bond donors (Lipinski definition) is 0. The second-order valence-corrected chi connectivity index (χ2v) is 7.50. The summed E-state index contributed by atoms with van der Waals surface area (Å²) < 4.78 is 11.6. The van der Waals surface area contributed by atoms with E-state index in [1.807, 2.05) is 30.3 Å². The third kappa shape index (κ3) is 5.04. The van der Waals surface area contributed by atoms with Crippen LogP contribution < -0.4 is 0 Å². The van der Waals surface area contributed by atoms with Crippen LogP contribution in [0.15, 0.2) is 30.3 Å². The van der Waals surface area contributed by atoms with Gasteiger partial charge in [0.1, 0.15) is 5.92 Å². The van der Waals surface area contributed by atoms with Crippen LogP contribution in [0.3, 0.4) is 0 Å². The zero-order chi connectivity index (χ0) is 20.6. The van der Waals surface area contributed by atoms with Gasteiger partial charge in [-0.15, -0.1) is 0 Å². The van der Waals surface area contributed by atoms with Gasteiger partial charge in [-0.2, -0.15) is 0 Å². The first-order valence-corrected chi connectivity index (χ1v) is 10.4. The number of rotatable bonds is 8. The Kier molecular flexibility index (Phi) is 8.30. The minimum absolute atomic E-state index is 0.247. The molecule has 2 atom stereocenters. The molecule has 0 radical (unpaired) electrons. The highest BCUT2D eigenvalue weighted by Gasteiger charge is 2.39. The van der Waals surface area contributed by atoms with Crippen LogP contribution in [0.1, 0.15) is 51.5 Å². The fourth-order valence-corrected chi connectivity index (χ4v) is 4.05. The molecule has 1 heterocycles. The minimum atomic E-state index is -0.498. The Bertz CT molecular complexity index is 622. The highest BCUT2D eigenvalue weighted by Crippen LogP contribution is 2.32. The van der Waals surface area contributed by atoms with Crippen LogP contribution in [0.4, 0.5) is 4.79 Å². The number of quaternary nitrogens is 1. The van der Waals surface area contributed by atoms with Crippen molar-refractivity contribution in [2.45, 2.75) is 52.0 Å². The molecule has 0 saturated carbocycles. The normalized spacial score (nSPS) is 18.4. The number of methoxy groups -OCH3 is 1. The van der Waals surface area contributed by atoms with Gasteiger partial charge in [-0.25, -0.2) is 4.79 Å². The number of likely N-dealkylation sites (tertiary alicyclic amines) is 1. The molecule has 6 heteroatoms. The van der Waals surface area contributed by atoms with Gasteiger partial charge < -0.3 is 14.4 Å². The lowest BCUT2D eigenvalue weighted by molar-refractivity contribution is -0.938. The quantitative estimate of drug-likeness (QED) is 0.385. The Morgan fingerprint density at radius 1 is 1.11 bits per heavy atom. The monoisotopic (exact) mass is 391 g/mol. The Morgan fingerprint density at radius 2 is 1.75 bits per heavy atom. The molecule has 1 aromatic rings. The van der Waals surface area contributed by atoms with Crippen molar-refractivity contribution in [3.05, 3.63) is 35.9 Å². The van der Waals surface area contributed by atoms with Gasteiger partial charge in [0, 0.05) is 6.54 Å². The molecule has 2 rings (SSSR count). The molecular formula is C22H35N2O4+. The van der Waals surface area contributed by atoms with E-state index in [0.29, 0.717) is 13.3 Å². The molecule has 1 saturated heterocycles. The van der Waals surface area contributed by atoms with E-state index in [2.05, 4.69) is 20.8 Å². The summed E-state index contributed by atoms with van der Waals surface area (Å²) in [6.45, 7) is 10.1. The maximum Gasteiger partial charge on any atom is 0.414 e. The fraction of sp³-hybridized carbons (Fsp3) is 0.636. The van der Waals surface area contributed by atoms with Crippen LogP contribution >= 0.6 is 0 Å². The van der Waals surface area contributed by atoms with E-state index >= 15 is 0 Å². The van der Waals surface area contributed by atoms with Gasteiger partial charge in [0.25, 0.3) is 0 Å². The Morgan fingerprint density at radius 3 is 2.32 bits per heavy atom. The van der Waals surface area contributed by atoms with Crippen molar-refractivity contribution in [3.63, 3.8) is 0 Å². The third-order valence-corrected chi connectivity index (χ3v) is 6.26. The molecule has 1 unspecified atom stereocenters. The van der Waals surface area contributed by atoms with Crippen molar-refractivity contribution < 1.29 is 23.5 Å². The molecule has 6 nitrogen and oxygen atoms in total. The van der Waals surface area contributed by atoms with Crippen LogP contribution in [-0.2, 0) is 14.3 Å². The molecule has 1 aliphatic rings. The SMILES string of the molecule is CC[N+](CC)(CC)COC(=O)N1CCCC[C@@H]1C(C(=O)OC)c1ccccc1. The maximum absolute atomic E-state index is 13.0. The summed E-state index contributed by atoms with van der Waals surface area (Å²) in [4.78, 5) is 27.4. The number of hydrogen-bond acceptors (Lipinski definition) is 4. The van der Waals surface area contributed by atoms with E-state index in [1.165, 1.54) is 7.11 Å². The number of carbonyl (C=O) groups is 2. The van der Waals surface area contributed by atoms with Crippen molar-refractivity contribution in [3.8, 4) is 0 Å². The first-order chi connectivity index (χ1) is 13.5. The lowest BCUT2D eigenvalue weighted by atomic mass is 9.85. The summed E-state index contributed by atoms with van der Waals surface area (Å²) in [6, 6.07) is 9.34. The van der Waals surface area contributed by atoms with Crippen molar-refractivity contribution >= 4 is 12.1 Å². The molecule has 1 fully saturated rings. The Balaban J connectivity index is 2.21. The van der Waals surface area contributed by atoms with Gasteiger partial charge in [-0.1, -0.05) is 30.3 Å². The molecule has 0 N–H and O–H groups in total. The molecule has 0 bridgehead atoms. The molecule has 0 spiro atoms. The zero-order valence-corrected chi connectivity index (χ0v) is 17.7. The van der Waals surface area contributed by atoms with Crippen molar-refractivity contribution in [1.29, 1.82) is 0 Å². The second kappa shape index (κ2) is 10.5. The summed E-state index contributed by atoms with van der Waals surface area (Å²) in [5, 5.41) is 0. The fourth-order valence-electron chi connectivity index (χ4n) is 4.05. The molecule has 156 valence electrons. The van der Waals surface area contributed by atoms with Crippen LogP contribution in [-0.4, -0.2) is 67.5 Å². The predicted molar refractivity (Wildman–Crippen MR) is 109 cm³/mol. The Hall–Kier alpha value is -2.08. The number of piperidine rings is 1. The summed E-state index contributed by atoms with van der Waals surface area (Å²) in [5.74, 6) is -0.807. The molecule has 1 amide bonds. The van der Waals surface area contributed by atoms with Crippen molar-refractivity contribution in [1.82, 2.24) is 4.90 Å². The number of esters is 1. The highest BCUT2D eigenvalue weighted by atomic mass is 16.6. The topological polar surface area (TPSA) is 55.8 Å². The lowest BCUT2D eigenvalue weighted by Crippen LogP contribution is -2.53. The van der Waals surface area contributed by atoms with E-state index in [9.17, 15) is 9.59 Å². The van der Waals surface area contributed by atoms with Gasteiger partial charge in [0.05, 0.1) is 32.8 Å². The minimum Gasteiger partial charge on any atom is -0.468 e. The van der Waals surface area contributed by atoms with E-state index in [0.717, 1.165) is 48.9 Å². The van der Waals surface area contributed by atoms with Gasteiger partial charge in [-0.3, -0.25) is 9.28 Å². The third-order valence-electron chi connectivity index (χ3n) is 6.26. The second-order valence-electron chi connectivity index (χ2n) is 7.50.